The third-order valence-electron chi connectivity index (χ3n) is 5.22. The van der Waals surface area contributed by atoms with Crippen LogP contribution in [0.25, 0.3) is 11.0 Å². The van der Waals surface area contributed by atoms with Gasteiger partial charge in [0.05, 0.1) is 0 Å². The summed E-state index contributed by atoms with van der Waals surface area (Å²) in [5, 5.41) is 9.46. The van der Waals surface area contributed by atoms with Crippen molar-refractivity contribution in [2.75, 3.05) is 18.0 Å². The third-order valence-corrected chi connectivity index (χ3v) is 10.4. The second-order valence-electron chi connectivity index (χ2n) is 8.55. The van der Waals surface area contributed by atoms with E-state index in [-0.39, 0.29) is 6.71 Å². The fraction of sp³-hybridized carbons (Fsp3) is 0.526. The molecule has 130 valence electrons. The van der Waals surface area contributed by atoms with Gasteiger partial charge in [-0.3, -0.25) is 0 Å². The Balaban J connectivity index is 1.82. The van der Waals surface area contributed by atoms with Crippen molar-refractivity contribution in [3.8, 4) is 5.97 Å². The molecule has 1 atom stereocenters. The molecule has 0 saturated carbocycles. The molecule has 0 amide bonds. The van der Waals surface area contributed by atoms with E-state index in [1.165, 1.54) is 3.71 Å². The summed E-state index contributed by atoms with van der Waals surface area (Å²) in [7, 11) is 0. The van der Waals surface area contributed by atoms with E-state index in [4.69, 9.17) is 9.97 Å². The zero-order chi connectivity index (χ0) is 18.2. The van der Waals surface area contributed by atoms with Gasteiger partial charge in [-0.15, -0.1) is 0 Å². The minimum absolute atomic E-state index is 0.133. The van der Waals surface area contributed by atoms with Crippen molar-refractivity contribution < 1.29 is 0 Å². The van der Waals surface area contributed by atoms with E-state index in [1.807, 2.05) is 0 Å². The number of anilines is 1. The van der Waals surface area contributed by atoms with Crippen molar-refractivity contribution in [3.63, 3.8) is 0 Å². The van der Waals surface area contributed by atoms with E-state index >= 15 is 0 Å². The molecule has 0 N–H and O–H groups in total. The third kappa shape index (κ3) is 3.94. The molecule has 2 aromatic heterocycles. The first kappa shape index (κ1) is 18.5. The van der Waals surface area contributed by atoms with Gasteiger partial charge in [-0.25, -0.2) is 0 Å². The predicted octanol–water partition coefficient (Wildman–Crippen LogP) is 3.72. The van der Waals surface area contributed by atoms with Gasteiger partial charge < -0.3 is 0 Å². The van der Waals surface area contributed by atoms with Gasteiger partial charge >= 0.3 is 156 Å². The van der Waals surface area contributed by atoms with Crippen LogP contribution in [0.15, 0.2) is 24.3 Å². The summed E-state index contributed by atoms with van der Waals surface area (Å²) in [5.41, 5.74) is 1.97. The van der Waals surface area contributed by atoms with Crippen LogP contribution in [0.2, 0.25) is 26.5 Å². The molecule has 0 bridgehead atoms. The van der Waals surface area contributed by atoms with Gasteiger partial charge in [-0.2, -0.15) is 0 Å². The van der Waals surface area contributed by atoms with Crippen LogP contribution in [0, 0.1) is 11.2 Å². The van der Waals surface area contributed by atoms with Crippen molar-refractivity contribution in [3.05, 3.63) is 24.3 Å². The van der Waals surface area contributed by atoms with Crippen LogP contribution in [-0.4, -0.2) is 48.1 Å². The van der Waals surface area contributed by atoms with Crippen LogP contribution in [0.5, 0.6) is 0 Å². The molecular formula is C19H27BN4Sn. The summed E-state index contributed by atoms with van der Waals surface area (Å²) >= 11 is -2.15. The first-order chi connectivity index (χ1) is 11.8. The Hall–Kier alpha value is -1.29. The number of hydrogen-bond donors (Lipinski definition) is 0. The van der Waals surface area contributed by atoms with E-state index in [2.05, 4.69) is 63.8 Å². The minimum atomic E-state index is -2.15. The molecule has 0 spiro atoms. The number of aromatic nitrogens is 2. The normalized spacial score (nSPS) is 18.0. The maximum atomic E-state index is 9.46. The van der Waals surface area contributed by atoms with Crippen LogP contribution in [0.1, 0.15) is 20.3 Å². The Morgan fingerprint density at radius 1 is 1.16 bits per heavy atom. The van der Waals surface area contributed by atoms with Crippen LogP contribution >= 0.6 is 0 Å². The molecule has 2 aromatic rings. The van der Waals surface area contributed by atoms with Gasteiger partial charge in [0.2, 0.25) is 0 Å². The van der Waals surface area contributed by atoms with Gasteiger partial charge in [0.1, 0.15) is 0 Å². The average molecular weight is 441 g/mol. The molecule has 0 aliphatic carbocycles. The number of rotatable bonds is 4. The molecule has 1 saturated heterocycles. The maximum absolute atomic E-state index is 9.46. The fourth-order valence-corrected chi connectivity index (χ4v) is 6.65. The number of nitriles is 1. The number of pyridine rings is 2. The second kappa shape index (κ2) is 7.15. The summed E-state index contributed by atoms with van der Waals surface area (Å²) in [4.78, 5) is 19.2. The van der Waals surface area contributed by atoms with Crippen molar-refractivity contribution >= 4 is 45.7 Å². The first-order valence-corrected chi connectivity index (χ1v) is 19.2. The zero-order valence-corrected chi connectivity index (χ0v) is 18.8. The summed E-state index contributed by atoms with van der Waals surface area (Å²) in [5.74, 6) is 4.38. The van der Waals surface area contributed by atoms with E-state index in [0.29, 0.717) is 11.6 Å². The van der Waals surface area contributed by atoms with Crippen LogP contribution in [-0.2, 0) is 0 Å². The Morgan fingerprint density at radius 2 is 1.84 bits per heavy atom. The molecule has 1 aliphatic heterocycles. The van der Waals surface area contributed by atoms with Crippen molar-refractivity contribution in [1.29, 1.82) is 5.26 Å². The quantitative estimate of drug-likeness (QED) is 0.680. The summed E-state index contributed by atoms with van der Waals surface area (Å²) in [6, 6.07) is 8.50. The number of fused-ring (bicyclic) bond motifs is 1. The van der Waals surface area contributed by atoms with E-state index in [0.717, 1.165) is 36.4 Å². The molecule has 6 heteroatoms. The molecule has 0 radical (unpaired) electrons. The van der Waals surface area contributed by atoms with Gasteiger partial charge in [0, 0.05) is 0 Å². The molecule has 4 nitrogen and oxygen atoms in total. The van der Waals surface area contributed by atoms with Crippen LogP contribution in [0.3, 0.4) is 0 Å². The number of hydrogen-bond acceptors (Lipinski definition) is 4. The van der Waals surface area contributed by atoms with Gasteiger partial charge in [0.25, 0.3) is 0 Å². The summed E-state index contributed by atoms with van der Waals surface area (Å²) in [6.45, 7) is 6.34. The molecular weight excluding hydrogens is 414 g/mol. The monoisotopic (exact) mass is 442 g/mol. The van der Waals surface area contributed by atoms with Crippen LogP contribution < -0.4 is 8.61 Å². The number of nitrogens with zero attached hydrogens (tertiary/aromatic N) is 4. The second-order valence-corrected chi connectivity index (χ2v) is 22.9. The van der Waals surface area contributed by atoms with E-state index in [1.54, 1.807) is 0 Å². The van der Waals surface area contributed by atoms with Crippen molar-refractivity contribution in [1.82, 2.24) is 9.97 Å². The molecule has 0 aromatic carbocycles. The van der Waals surface area contributed by atoms with Gasteiger partial charge in [-0.05, 0) is 0 Å². The predicted molar refractivity (Wildman–Crippen MR) is 110 cm³/mol. The SMILES string of the molecule is CC(C)B(C#N)C1CCN(c2ccc3n[c]([Sn]([CH3])([CH3])[CH3])ccc3n2)C1. The molecule has 1 unspecified atom stereocenters. The summed E-state index contributed by atoms with van der Waals surface area (Å²) in [6.07, 6.45) is 1.08. The van der Waals surface area contributed by atoms with E-state index in [9.17, 15) is 5.26 Å². The van der Waals surface area contributed by atoms with Crippen LogP contribution in [0.4, 0.5) is 5.82 Å². The summed E-state index contributed by atoms with van der Waals surface area (Å²) < 4.78 is 1.30. The van der Waals surface area contributed by atoms with Crippen molar-refractivity contribution in [2.24, 2.45) is 0 Å². The van der Waals surface area contributed by atoms with Gasteiger partial charge in [0.15, 0.2) is 0 Å². The Bertz CT molecular complexity index is 809. The van der Waals surface area contributed by atoms with E-state index < -0.39 is 18.4 Å². The first-order valence-electron chi connectivity index (χ1n) is 9.22. The Morgan fingerprint density at radius 3 is 2.48 bits per heavy atom. The van der Waals surface area contributed by atoms with Crippen molar-refractivity contribution in [2.45, 2.75) is 46.7 Å². The molecule has 25 heavy (non-hydrogen) atoms. The Labute approximate surface area is 155 Å². The molecule has 1 fully saturated rings. The molecule has 1 aliphatic rings. The van der Waals surface area contributed by atoms with Gasteiger partial charge in [-0.1, -0.05) is 0 Å². The Kier molecular flexibility index (Phi) is 5.29. The fourth-order valence-electron chi connectivity index (χ4n) is 3.68. The molecule has 3 rings (SSSR count). The zero-order valence-electron chi connectivity index (χ0n) is 16.0. The standard InChI is InChI=1S/C16H18BN4.3CH3.Sn/c1-12(2)17(11-18)13-7-9-21(10-13)16-6-5-14-15(20-16)4-3-8-19-14;;;;/h3-6,12-13H,7,9-10H2,1-2H3;3*1H3;. The molecule has 3 heterocycles. The average Bonchev–Trinajstić information content (AvgIpc) is 3.03. The topological polar surface area (TPSA) is 52.8 Å².